The first-order chi connectivity index (χ1) is 14.4. The first-order valence-corrected chi connectivity index (χ1v) is 12.0. The van der Waals surface area contributed by atoms with Crippen LogP contribution in [0.1, 0.15) is 29.6 Å². The molecule has 30 heavy (non-hydrogen) atoms. The van der Waals surface area contributed by atoms with Crippen molar-refractivity contribution in [1.82, 2.24) is 19.0 Å². The second kappa shape index (κ2) is 8.56. The molecule has 4 rings (SSSR count). The summed E-state index contributed by atoms with van der Waals surface area (Å²) in [6.45, 7) is 2.97. The highest BCUT2D eigenvalue weighted by molar-refractivity contribution is 7.89. The number of carbonyl (C=O) groups excluding carboxylic acids is 1. The lowest BCUT2D eigenvalue weighted by atomic mass is 10.1. The zero-order valence-electron chi connectivity index (χ0n) is 17.0. The number of hydrogen-bond donors (Lipinski definition) is 0. The molecule has 1 aromatic heterocycles. The average molecular weight is 452 g/mol. The van der Waals surface area contributed by atoms with Gasteiger partial charge in [-0.3, -0.25) is 9.48 Å². The van der Waals surface area contributed by atoms with Gasteiger partial charge in [0.2, 0.25) is 5.03 Å². The van der Waals surface area contributed by atoms with Crippen molar-refractivity contribution in [1.29, 1.82) is 0 Å². The van der Waals surface area contributed by atoms with Crippen molar-refractivity contribution in [3.05, 3.63) is 41.0 Å². The minimum Gasteiger partial charge on any atom is -0.368 e. The zero-order chi connectivity index (χ0) is 21.3. The van der Waals surface area contributed by atoms with Gasteiger partial charge in [0.05, 0.1) is 16.3 Å². The molecule has 1 aromatic carbocycles. The van der Waals surface area contributed by atoms with E-state index in [2.05, 4.69) is 10.00 Å². The number of hydrogen-bond acceptors (Lipinski definition) is 5. The number of carbonyl (C=O) groups is 1. The maximum Gasteiger partial charge on any atom is 0.263 e. The van der Waals surface area contributed by atoms with Gasteiger partial charge in [-0.05, 0) is 31.4 Å². The second-order valence-corrected chi connectivity index (χ2v) is 9.98. The third-order valence-electron chi connectivity index (χ3n) is 5.68. The number of para-hydroxylation sites is 1. The van der Waals surface area contributed by atoms with E-state index in [1.165, 1.54) is 15.2 Å². The van der Waals surface area contributed by atoms with Crippen LogP contribution in [0.5, 0.6) is 0 Å². The number of likely N-dealkylation sites (tertiary alicyclic amines) is 1. The maximum atomic E-state index is 13.4. The summed E-state index contributed by atoms with van der Waals surface area (Å²) < 4.78 is 29.5. The topological polar surface area (TPSA) is 78.8 Å². The Morgan fingerprint density at radius 2 is 1.67 bits per heavy atom. The lowest BCUT2D eigenvalue weighted by Crippen LogP contribution is -2.49. The van der Waals surface area contributed by atoms with Crippen molar-refractivity contribution in [3.8, 4) is 0 Å². The number of anilines is 1. The van der Waals surface area contributed by atoms with Gasteiger partial charge >= 0.3 is 0 Å². The molecular formula is C20H26ClN5O3S. The third-order valence-corrected chi connectivity index (χ3v) is 7.84. The number of sulfonamides is 1. The fraction of sp³-hybridized carbons (Fsp3) is 0.500. The van der Waals surface area contributed by atoms with Crippen LogP contribution in [0, 0.1) is 0 Å². The van der Waals surface area contributed by atoms with E-state index in [1.807, 2.05) is 24.3 Å². The Labute approximate surface area is 182 Å². The molecule has 2 saturated heterocycles. The van der Waals surface area contributed by atoms with Crippen molar-refractivity contribution in [2.75, 3.05) is 44.2 Å². The molecule has 2 aliphatic heterocycles. The summed E-state index contributed by atoms with van der Waals surface area (Å²) in [5.74, 6) is -0.254. The fourth-order valence-electron chi connectivity index (χ4n) is 4.07. The van der Waals surface area contributed by atoms with Crippen LogP contribution in [-0.2, 0) is 17.1 Å². The maximum absolute atomic E-state index is 13.4. The van der Waals surface area contributed by atoms with Crippen LogP contribution >= 0.6 is 11.6 Å². The van der Waals surface area contributed by atoms with E-state index < -0.39 is 10.0 Å². The number of aromatic nitrogens is 2. The Morgan fingerprint density at radius 3 is 2.33 bits per heavy atom. The van der Waals surface area contributed by atoms with Crippen LogP contribution in [0.15, 0.2) is 35.5 Å². The van der Waals surface area contributed by atoms with Gasteiger partial charge < -0.3 is 9.80 Å². The van der Waals surface area contributed by atoms with Crippen LogP contribution in [0.2, 0.25) is 5.02 Å². The van der Waals surface area contributed by atoms with Crippen molar-refractivity contribution >= 4 is 33.2 Å². The molecule has 162 valence electrons. The molecule has 0 bridgehead atoms. The molecule has 0 radical (unpaired) electrons. The minimum absolute atomic E-state index is 0.147. The fourth-order valence-corrected chi connectivity index (χ4v) is 5.87. The Kier molecular flexibility index (Phi) is 6.04. The molecule has 0 N–H and O–H groups in total. The number of piperazine rings is 1. The molecule has 0 atom stereocenters. The van der Waals surface area contributed by atoms with Crippen LogP contribution in [0.3, 0.4) is 0 Å². The molecule has 0 unspecified atom stereocenters. The molecule has 1 amide bonds. The smallest absolute Gasteiger partial charge is 0.263 e. The Hall–Kier alpha value is -2.10. The van der Waals surface area contributed by atoms with Gasteiger partial charge in [0.25, 0.3) is 15.9 Å². The molecule has 0 saturated carbocycles. The lowest BCUT2D eigenvalue weighted by molar-refractivity contribution is 0.0720. The quantitative estimate of drug-likeness (QED) is 0.712. The van der Waals surface area contributed by atoms with Crippen molar-refractivity contribution in [3.63, 3.8) is 0 Å². The lowest BCUT2D eigenvalue weighted by Gasteiger charge is -2.35. The summed E-state index contributed by atoms with van der Waals surface area (Å²) in [6, 6.07) is 7.54. The highest BCUT2D eigenvalue weighted by atomic mass is 35.5. The van der Waals surface area contributed by atoms with Crippen LogP contribution in [0.4, 0.5) is 5.69 Å². The number of piperidine rings is 1. The van der Waals surface area contributed by atoms with Crippen LogP contribution < -0.4 is 4.90 Å². The van der Waals surface area contributed by atoms with Gasteiger partial charge in [-0.2, -0.15) is 9.40 Å². The summed E-state index contributed by atoms with van der Waals surface area (Å²) in [4.78, 5) is 16.8. The number of halogens is 1. The SMILES string of the molecule is Cn1cc(C(=O)N2CCCCC2)c(S(=O)(=O)N2CCN(c3ccccc3Cl)CC2)n1. The number of nitrogens with zero attached hydrogens (tertiary/aromatic N) is 5. The first-order valence-electron chi connectivity index (χ1n) is 10.2. The minimum atomic E-state index is -3.88. The van der Waals surface area contributed by atoms with Crippen molar-refractivity contribution < 1.29 is 13.2 Å². The highest BCUT2D eigenvalue weighted by Gasteiger charge is 2.36. The van der Waals surface area contributed by atoms with Gasteiger partial charge in [-0.15, -0.1) is 0 Å². The molecule has 10 heteroatoms. The second-order valence-electron chi connectivity index (χ2n) is 7.72. The summed E-state index contributed by atoms with van der Waals surface area (Å²) >= 11 is 6.28. The highest BCUT2D eigenvalue weighted by Crippen LogP contribution is 2.28. The zero-order valence-corrected chi connectivity index (χ0v) is 18.6. The van der Waals surface area contributed by atoms with E-state index in [1.54, 1.807) is 11.9 Å². The standard InChI is InChI=1S/C20H26ClN5O3S/c1-23-15-16(20(27)25-9-5-2-6-10-25)19(22-23)30(28,29)26-13-11-24(12-14-26)18-8-4-3-7-17(18)21/h3-4,7-8,15H,2,5-6,9-14H2,1H3. The molecule has 8 nitrogen and oxygen atoms in total. The number of benzene rings is 1. The molecule has 2 aromatic rings. The summed E-state index contributed by atoms with van der Waals surface area (Å²) in [7, 11) is -2.24. The Bertz CT molecular complexity index is 1020. The van der Waals surface area contributed by atoms with E-state index in [0.29, 0.717) is 44.3 Å². The van der Waals surface area contributed by atoms with Crippen LogP contribution in [0.25, 0.3) is 0 Å². The Morgan fingerprint density at radius 1 is 1.00 bits per heavy atom. The van der Waals surface area contributed by atoms with Gasteiger partial charge in [-0.25, -0.2) is 8.42 Å². The van der Waals surface area contributed by atoms with Gasteiger partial charge in [0.15, 0.2) is 0 Å². The molecule has 3 heterocycles. The number of rotatable bonds is 4. The summed E-state index contributed by atoms with van der Waals surface area (Å²) in [6.07, 6.45) is 4.50. The third kappa shape index (κ3) is 4.06. The van der Waals surface area contributed by atoms with Gasteiger partial charge in [0, 0.05) is 52.5 Å². The molecule has 0 aliphatic carbocycles. The first kappa shape index (κ1) is 21.1. The Balaban J connectivity index is 1.53. The van der Waals surface area contributed by atoms with Gasteiger partial charge in [-0.1, -0.05) is 23.7 Å². The van der Waals surface area contributed by atoms with E-state index >= 15 is 0 Å². The van der Waals surface area contributed by atoms with E-state index in [-0.39, 0.29) is 16.5 Å². The summed E-state index contributed by atoms with van der Waals surface area (Å²) in [5, 5.41) is 4.67. The van der Waals surface area contributed by atoms with E-state index in [9.17, 15) is 13.2 Å². The number of amides is 1. The van der Waals surface area contributed by atoms with E-state index in [0.717, 1.165) is 24.9 Å². The van der Waals surface area contributed by atoms with Gasteiger partial charge in [0.1, 0.15) is 0 Å². The van der Waals surface area contributed by atoms with Crippen molar-refractivity contribution in [2.24, 2.45) is 7.05 Å². The van der Waals surface area contributed by atoms with E-state index in [4.69, 9.17) is 11.6 Å². The monoisotopic (exact) mass is 451 g/mol. The van der Waals surface area contributed by atoms with Crippen molar-refractivity contribution in [2.45, 2.75) is 24.3 Å². The predicted molar refractivity (Wildman–Crippen MR) is 115 cm³/mol. The molecule has 2 fully saturated rings. The predicted octanol–water partition coefficient (Wildman–Crippen LogP) is 2.21. The summed E-state index contributed by atoms with van der Waals surface area (Å²) in [5.41, 5.74) is 1.06. The average Bonchev–Trinajstić information content (AvgIpc) is 3.17. The van der Waals surface area contributed by atoms with Crippen LogP contribution in [-0.4, -0.2) is 72.6 Å². The molecule has 2 aliphatic rings. The number of aryl methyl sites for hydroxylation is 1. The largest absolute Gasteiger partial charge is 0.368 e. The normalized spacial score (nSPS) is 18.6. The molecule has 0 spiro atoms. The molecular weight excluding hydrogens is 426 g/mol.